The van der Waals surface area contributed by atoms with Crippen molar-refractivity contribution < 1.29 is 4.74 Å². The van der Waals surface area contributed by atoms with Gasteiger partial charge < -0.3 is 4.74 Å². The van der Waals surface area contributed by atoms with Crippen molar-refractivity contribution in [3.05, 3.63) is 53.0 Å². The molecule has 0 amide bonds. The molecule has 2 heterocycles. The Balaban J connectivity index is 1.46. The van der Waals surface area contributed by atoms with Crippen molar-refractivity contribution in [2.75, 3.05) is 12.4 Å². The summed E-state index contributed by atoms with van der Waals surface area (Å²) in [5.41, 5.74) is 2.03. The van der Waals surface area contributed by atoms with Gasteiger partial charge in [0.15, 0.2) is 5.16 Å². The third-order valence-corrected chi connectivity index (χ3v) is 4.78. The van der Waals surface area contributed by atoms with E-state index in [9.17, 15) is 0 Å². The summed E-state index contributed by atoms with van der Waals surface area (Å²) < 4.78 is 8.81. The summed E-state index contributed by atoms with van der Waals surface area (Å²) >= 11 is 5.08. The zero-order valence-electron chi connectivity index (χ0n) is 12.1. The molecule has 1 N–H and O–H groups in total. The Morgan fingerprint density at radius 3 is 3.00 bits per heavy atom. The van der Waals surface area contributed by atoms with Gasteiger partial charge in [-0.25, -0.2) is 10.1 Å². The number of aromatic amines is 1. The van der Waals surface area contributed by atoms with Crippen LogP contribution in [0.15, 0.2) is 58.2 Å². The highest BCUT2D eigenvalue weighted by molar-refractivity contribution is 9.10. The molecule has 0 spiro atoms. The van der Waals surface area contributed by atoms with Crippen LogP contribution in [0.1, 0.15) is 0 Å². The second-order valence-corrected chi connectivity index (χ2v) is 6.90. The molecule has 2 aromatic heterocycles. The molecule has 116 valence electrons. The molecular weight excluding hydrogens is 376 g/mol. The van der Waals surface area contributed by atoms with Crippen molar-refractivity contribution in [3.63, 3.8) is 0 Å². The van der Waals surface area contributed by atoms with Gasteiger partial charge in [0.1, 0.15) is 5.75 Å². The van der Waals surface area contributed by atoms with Crippen molar-refractivity contribution in [2.24, 2.45) is 0 Å². The first-order chi connectivity index (χ1) is 11.3. The highest BCUT2D eigenvalue weighted by Gasteiger charge is 2.11. The van der Waals surface area contributed by atoms with Gasteiger partial charge in [0.05, 0.1) is 17.6 Å². The molecule has 4 rings (SSSR count). The number of rotatable bonds is 5. The van der Waals surface area contributed by atoms with E-state index >= 15 is 0 Å². The van der Waals surface area contributed by atoms with Gasteiger partial charge in [-0.05, 0) is 30.3 Å². The Morgan fingerprint density at radius 2 is 2.09 bits per heavy atom. The molecule has 0 unspecified atom stereocenters. The topological polar surface area (TPSA) is 55.2 Å². The van der Waals surface area contributed by atoms with E-state index in [1.807, 2.05) is 52.9 Å². The zero-order valence-corrected chi connectivity index (χ0v) is 14.5. The summed E-state index contributed by atoms with van der Waals surface area (Å²) in [4.78, 5) is 4.52. The van der Waals surface area contributed by atoms with Crippen LogP contribution in [-0.2, 0) is 0 Å². The van der Waals surface area contributed by atoms with Gasteiger partial charge >= 0.3 is 0 Å². The smallest absolute Gasteiger partial charge is 0.231 e. The fraction of sp³-hybridized carbons (Fsp3) is 0.125. The number of thioether (sulfide) groups is 1. The molecule has 0 aliphatic rings. The van der Waals surface area contributed by atoms with E-state index in [-0.39, 0.29) is 0 Å². The molecule has 4 aromatic rings. The number of para-hydroxylation sites is 2. The Bertz CT molecular complexity index is 965. The lowest BCUT2D eigenvalue weighted by molar-refractivity contribution is 0.343. The molecule has 5 nitrogen and oxygen atoms in total. The number of hydrogen-bond acceptors (Lipinski definition) is 4. The van der Waals surface area contributed by atoms with Crippen molar-refractivity contribution >= 4 is 44.5 Å². The van der Waals surface area contributed by atoms with Gasteiger partial charge in [-0.15, -0.1) is 5.10 Å². The SMILES string of the molecule is Brc1cccc(OCCSc2n[nH]c3nc4ccccc4n23)c1. The van der Waals surface area contributed by atoms with Crippen molar-refractivity contribution in [1.82, 2.24) is 19.6 Å². The van der Waals surface area contributed by atoms with Gasteiger partial charge in [-0.1, -0.05) is 45.9 Å². The van der Waals surface area contributed by atoms with Crippen molar-refractivity contribution in [1.29, 1.82) is 0 Å². The Morgan fingerprint density at radius 1 is 1.17 bits per heavy atom. The third kappa shape index (κ3) is 2.94. The summed E-state index contributed by atoms with van der Waals surface area (Å²) in [6.07, 6.45) is 0. The summed E-state index contributed by atoms with van der Waals surface area (Å²) in [6, 6.07) is 15.9. The first-order valence-electron chi connectivity index (χ1n) is 7.14. The molecule has 23 heavy (non-hydrogen) atoms. The standard InChI is InChI=1S/C16H13BrN4OS/c17-11-4-3-5-12(10-11)22-8-9-23-16-20-19-15-18-13-6-1-2-7-14(13)21(15)16/h1-7,10H,8-9H2,(H,18,19). The predicted molar refractivity (Wildman–Crippen MR) is 95.2 cm³/mol. The van der Waals surface area contributed by atoms with Crippen LogP contribution in [0.3, 0.4) is 0 Å². The highest BCUT2D eigenvalue weighted by atomic mass is 79.9. The lowest BCUT2D eigenvalue weighted by atomic mass is 10.3. The molecular formula is C16H13BrN4OS. The van der Waals surface area contributed by atoms with E-state index in [1.165, 1.54) is 0 Å². The second kappa shape index (κ2) is 6.25. The highest BCUT2D eigenvalue weighted by Crippen LogP contribution is 2.23. The van der Waals surface area contributed by atoms with Gasteiger partial charge in [-0.3, -0.25) is 4.40 Å². The Kier molecular flexibility index (Phi) is 3.97. The van der Waals surface area contributed by atoms with Crippen molar-refractivity contribution in [3.8, 4) is 5.75 Å². The average Bonchev–Trinajstić information content (AvgIpc) is 3.11. The predicted octanol–water partition coefficient (Wildman–Crippen LogP) is 4.14. The molecule has 0 aliphatic carbocycles. The number of ether oxygens (including phenoxy) is 1. The van der Waals surface area contributed by atoms with Gasteiger partial charge in [-0.2, -0.15) is 0 Å². The summed E-state index contributed by atoms with van der Waals surface area (Å²) in [5, 5.41) is 8.21. The minimum atomic E-state index is 0.613. The molecule has 0 aliphatic heterocycles. The number of nitrogens with one attached hydrogen (secondary N) is 1. The number of nitrogens with zero attached hydrogens (tertiary/aromatic N) is 3. The number of hydrogen-bond donors (Lipinski definition) is 1. The van der Waals surface area contributed by atoms with Crippen LogP contribution in [0.2, 0.25) is 0 Å². The second-order valence-electron chi connectivity index (χ2n) is 4.92. The molecule has 2 aromatic carbocycles. The molecule has 7 heteroatoms. The lowest BCUT2D eigenvalue weighted by Crippen LogP contribution is -2.00. The number of aromatic nitrogens is 4. The average molecular weight is 389 g/mol. The van der Waals surface area contributed by atoms with Gasteiger partial charge in [0.2, 0.25) is 5.78 Å². The molecule has 0 fully saturated rings. The largest absolute Gasteiger partial charge is 0.493 e. The fourth-order valence-corrected chi connectivity index (χ4v) is 3.54. The number of fused-ring (bicyclic) bond motifs is 3. The zero-order chi connectivity index (χ0) is 15.6. The van der Waals surface area contributed by atoms with Crippen LogP contribution in [0.5, 0.6) is 5.75 Å². The van der Waals surface area contributed by atoms with E-state index in [4.69, 9.17) is 4.74 Å². The summed E-state index contributed by atoms with van der Waals surface area (Å²) in [6.45, 7) is 0.613. The van der Waals surface area contributed by atoms with Crippen LogP contribution < -0.4 is 4.74 Å². The maximum Gasteiger partial charge on any atom is 0.231 e. The van der Waals surface area contributed by atoms with Gasteiger partial charge in [0.25, 0.3) is 0 Å². The quantitative estimate of drug-likeness (QED) is 0.412. The molecule has 0 bridgehead atoms. The normalized spacial score (nSPS) is 11.3. The molecule has 0 atom stereocenters. The number of H-pyrrole nitrogens is 1. The monoisotopic (exact) mass is 388 g/mol. The first-order valence-corrected chi connectivity index (χ1v) is 8.92. The first kappa shape index (κ1) is 14.6. The van der Waals surface area contributed by atoms with E-state index in [2.05, 4.69) is 31.1 Å². The maximum atomic E-state index is 5.75. The van der Waals surface area contributed by atoms with E-state index in [0.29, 0.717) is 6.61 Å². The van der Waals surface area contributed by atoms with Crippen LogP contribution in [0.25, 0.3) is 16.8 Å². The molecule has 0 radical (unpaired) electrons. The van der Waals surface area contributed by atoms with E-state index in [1.54, 1.807) is 11.8 Å². The molecule has 0 saturated carbocycles. The lowest BCUT2D eigenvalue weighted by Gasteiger charge is -2.05. The molecule has 0 saturated heterocycles. The Hall–Kier alpha value is -1.99. The van der Waals surface area contributed by atoms with Crippen molar-refractivity contribution in [2.45, 2.75) is 5.16 Å². The third-order valence-electron chi connectivity index (χ3n) is 3.38. The Labute approximate surface area is 145 Å². The maximum absolute atomic E-state index is 5.75. The van der Waals surface area contributed by atoms with Crippen LogP contribution in [-0.4, -0.2) is 31.9 Å². The van der Waals surface area contributed by atoms with Crippen LogP contribution in [0, 0.1) is 0 Å². The number of halogens is 1. The van der Waals surface area contributed by atoms with Crippen LogP contribution >= 0.6 is 27.7 Å². The number of benzene rings is 2. The summed E-state index contributed by atoms with van der Waals surface area (Å²) in [5.74, 6) is 2.43. The van der Waals surface area contributed by atoms with Gasteiger partial charge in [0, 0.05) is 10.2 Å². The minimum Gasteiger partial charge on any atom is -0.493 e. The van der Waals surface area contributed by atoms with E-state index < -0.39 is 0 Å². The van der Waals surface area contributed by atoms with E-state index in [0.717, 1.165) is 37.9 Å². The summed E-state index contributed by atoms with van der Waals surface area (Å²) in [7, 11) is 0. The van der Waals surface area contributed by atoms with Crippen LogP contribution in [0.4, 0.5) is 0 Å². The minimum absolute atomic E-state index is 0.613. The fourth-order valence-electron chi connectivity index (χ4n) is 2.39. The number of imidazole rings is 1.